The van der Waals surface area contributed by atoms with E-state index in [1.54, 1.807) is 0 Å². The summed E-state index contributed by atoms with van der Waals surface area (Å²) in [7, 11) is 0. The lowest BCUT2D eigenvalue weighted by atomic mass is 9.92. The van der Waals surface area contributed by atoms with Gasteiger partial charge in [-0.15, -0.1) is 11.3 Å². The van der Waals surface area contributed by atoms with Crippen LogP contribution in [0.4, 0.5) is 0 Å². The molecule has 0 spiro atoms. The number of nitrogens with zero attached hydrogens (tertiary/aromatic N) is 1. The highest BCUT2D eigenvalue weighted by Gasteiger charge is 2.14. The Labute approximate surface area is 84.2 Å². The van der Waals surface area contributed by atoms with Crippen molar-refractivity contribution in [2.24, 2.45) is 0 Å². The SMILES string of the molecule is c1csc(C2CCCCCCC2)n1. The van der Waals surface area contributed by atoms with Crippen LogP contribution in [0, 0.1) is 0 Å². The molecule has 0 unspecified atom stereocenters. The van der Waals surface area contributed by atoms with Gasteiger partial charge < -0.3 is 0 Å². The van der Waals surface area contributed by atoms with Crippen LogP contribution in [0.15, 0.2) is 11.6 Å². The van der Waals surface area contributed by atoms with Gasteiger partial charge in [0.15, 0.2) is 0 Å². The highest BCUT2D eigenvalue weighted by atomic mass is 32.1. The predicted octanol–water partition coefficient (Wildman–Crippen LogP) is 3.97. The molecule has 1 aliphatic rings. The molecule has 0 saturated heterocycles. The van der Waals surface area contributed by atoms with Crippen molar-refractivity contribution in [2.45, 2.75) is 50.9 Å². The summed E-state index contributed by atoms with van der Waals surface area (Å²) in [5, 5.41) is 3.48. The van der Waals surface area contributed by atoms with E-state index in [9.17, 15) is 0 Å². The molecule has 0 atom stereocenters. The number of hydrogen-bond acceptors (Lipinski definition) is 2. The number of hydrogen-bond donors (Lipinski definition) is 0. The highest BCUT2D eigenvalue weighted by molar-refractivity contribution is 7.09. The fourth-order valence-electron chi connectivity index (χ4n) is 2.14. The minimum absolute atomic E-state index is 0.778. The lowest BCUT2D eigenvalue weighted by molar-refractivity contribution is 0.454. The third-order valence-corrected chi connectivity index (χ3v) is 3.84. The van der Waals surface area contributed by atoms with Gasteiger partial charge in [-0.2, -0.15) is 0 Å². The maximum atomic E-state index is 4.43. The summed E-state index contributed by atoms with van der Waals surface area (Å²) in [6, 6.07) is 0. The van der Waals surface area contributed by atoms with Crippen molar-refractivity contribution in [3.63, 3.8) is 0 Å². The normalized spacial score (nSPS) is 20.9. The average Bonchev–Trinajstić information content (AvgIpc) is 2.55. The van der Waals surface area contributed by atoms with Crippen molar-refractivity contribution in [3.8, 4) is 0 Å². The molecule has 0 N–H and O–H groups in total. The quantitative estimate of drug-likeness (QED) is 0.660. The van der Waals surface area contributed by atoms with Gasteiger partial charge in [-0.1, -0.05) is 32.1 Å². The zero-order valence-corrected chi connectivity index (χ0v) is 8.85. The van der Waals surface area contributed by atoms with Gasteiger partial charge in [0.25, 0.3) is 0 Å². The summed E-state index contributed by atoms with van der Waals surface area (Å²) in [5.41, 5.74) is 0. The van der Waals surface area contributed by atoms with Gasteiger partial charge in [-0.05, 0) is 12.8 Å². The molecule has 1 heterocycles. The van der Waals surface area contributed by atoms with Gasteiger partial charge in [0, 0.05) is 17.5 Å². The first-order valence-corrected chi connectivity index (χ1v) is 6.24. The summed E-state index contributed by atoms with van der Waals surface area (Å²) in [6.07, 6.45) is 11.8. The molecule has 72 valence electrons. The summed E-state index contributed by atoms with van der Waals surface area (Å²) < 4.78 is 0. The fourth-order valence-corrected chi connectivity index (χ4v) is 2.95. The Morgan fingerprint density at radius 1 is 1.08 bits per heavy atom. The predicted molar refractivity (Wildman–Crippen MR) is 57.2 cm³/mol. The van der Waals surface area contributed by atoms with Gasteiger partial charge in [-0.3, -0.25) is 0 Å². The summed E-state index contributed by atoms with van der Waals surface area (Å²) in [4.78, 5) is 4.43. The maximum Gasteiger partial charge on any atom is 0.0955 e. The molecule has 0 amide bonds. The minimum Gasteiger partial charge on any atom is -0.249 e. The van der Waals surface area contributed by atoms with Crippen LogP contribution in [0.2, 0.25) is 0 Å². The minimum atomic E-state index is 0.778. The van der Waals surface area contributed by atoms with E-state index in [2.05, 4.69) is 10.4 Å². The van der Waals surface area contributed by atoms with E-state index in [-0.39, 0.29) is 0 Å². The Morgan fingerprint density at radius 2 is 1.77 bits per heavy atom. The summed E-state index contributed by atoms with van der Waals surface area (Å²) >= 11 is 1.83. The van der Waals surface area contributed by atoms with E-state index >= 15 is 0 Å². The Balaban J connectivity index is 1.96. The molecule has 1 aromatic rings. The molecular weight excluding hydrogens is 178 g/mol. The van der Waals surface area contributed by atoms with Crippen LogP contribution in [0.5, 0.6) is 0 Å². The molecule has 1 aromatic heterocycles. The van der Waals surface area contributed by atoms with Crippen molar-refractivity contribution >= 4 is 11.3 Å². The molecule has 1 fully saturated rings. The molecule has 0 bridgehead atoms. The van der Waals surface area contributed by atoms with E-state index in [1.165, 1.54) is 50.0 Å². The number of aromatic nitrogens is 1. The van der Waals surface area contributed by atoms with Crippen LogP contribution in [-0.4, -0.2) is 4.98 Å². The van der Waals surface area contributed by atoms with E-state index in [0.29, 0.717) is 0 Å². The van der Waals surface area contributed by atoms with Crippen molar-refractivity contribution in [2.75, 3.05) is 0 Å². The van der Waals surface area contributed by atoms with Crippen LogP contribution in [-0.2, 0) is 0 Å². The maximum absolute atomic E-state index is 4.43. The van der Waals surface area contributed by atoms with Gasteiger partial charge in [0.2, 0.25) is 0 Å². The van der Waals surface area contributed by atoms with Crippen LogP contribution in [0.1, 0.15) is 55.9 Å². The number of thiazole rings is 1. The molecule has 13 heavy (non-hydrogen) atoms. The summed E-state index contributed by atoms with van der Waals surface area (Å²) in [6.45, 7) is 0. The lowest BCUT2D eigenvalue weighted by Crippen LogP contribution is -2.01. The molecule has 1 aliphatic carbocycles. The van der Waals surface area contributed by atoms with E-state index in [1.807, 2.05) is 17.5 Å². The first-order chi connectivity index (χ1) is 6.47. The molecule has 1 nitrogen and oxygen atoms in total. The van der Waals surface area contributed by atoms with Crippen molar-refractivity contribution in [1.82, 2.24) is 4.98 Å². The Bertz CT molecular complexity index is 222. The Kier molecular flexibility index (Phi) is 3.36. The second-order valence-corrected chi connectivity index (χ2v) is 4.84. The summed E-state index contributed by atoms with van der Waals surface area (Å²) in [5.74, 6) is 0.778. The fraction of sp³-hybridized carbons (Fsp3) is 0.727. The second-order valence-electron chi connectivity index (χ2n) is 3.91. The van der Waals surface area contributed by atoms with E-state index < -0.39 is 0 Å². The van der Waals surface area contributed by atoms with Gasteiger partial charge in [-0.25, -0.2) is 4.98 Å². The molecule has 2 heteroatoms. The highest BCUT2D eigenvalue weighted by Crippen LogP contribution is 2.31. The second kappa shape index (κ2) is 4.75. The Morgan fingerprint density at radius 3 is 2.38 bits per heavy atom. The average molecular weight is 195 g/mol. The smallest absolute Gasteiger partial charge is 0.0955 e. The van der Waals surface area contributed by atoms with Crippen LogP contribution in [0.25, 0.3) is 0 Å². The third-order valence-electron chi connectivity index (χ3n) is 2.91. The van der Waals surface area contributed by atoms with Gasteiger partial charge in [0.05, 0.1) is 5.01 Å². The van der Waals surface area contributed by atoms with Crippen molar-refractivity contribution < 1.29 is 0 Å². The molecule has 0 aliphatic heterocycles. The molecule has 1 saturated carbocycles. The van der Waals surface area contributed by atoms with Crippen LogP contribution < -0.4 is 0 Å². The van der Waals surface area contributed by atoms with Crippen molar-refractivity contribution in [1.29, 1.82) is 0 Å². The standard InChI is InChI=1S/C11H17NS/c1-2-4-6-10(7-5-3-1)11-12-8-9-13-11/h8-10H,1-7H2. The monoisotopic (exact) mass is 195 g/mol. The zero-order chi connectivity index (χ0) is 8.93. The molecular formula is C11H17NS. The van der Waals surface area contributed by atoms with E-state index in [0.717, 1.165) is 5.92 Å². The largest absolute Gasteiger partial charge is 0.249 e. The Hall–Kier alpha value is -0.370. The van der Waals surface area contributed by atoms with Crippen LogP contribution in [0.3, 0.4) is 0 Å². The molecule has 0 aromatic carbocycles. The number of rotatable bonds is 1. The molecule has 2 rings (SSSR count). The zero-order valence-electron chi connectivity index (χ0n) is 8.04. The third kappa shape index (κ3) is 2.53. The van der Waals surface area contributed by atoms with Gasteiger partial charge in [0.1, 0.15) is 0 Å². The first kappa shape index (κ1) is 9.20. The first-order valence-electron chi connectivity index (χ1n) is 5.36. The van der Waals surface area contributed by atoms with Crippen molar-refractivity contribution in [3.05, 3.63) is 16.6 Å². The molecule has 0 radical (unpaired) electrons. The van der Waals surface area contributed by atoms with Gasteiger partial charge >= 0.3 is 0 Å². The van der Waals surface area contributed by atoms with Crippen LogP contribution >= 0.6 is 11.3 Å². The lowest BCUT2D eigenvalue weighted by Gasteiger charge is -2.16. The topological polar surface area (TPSA) is 12.9 Å². The van der Waals surface area contributed by atoms with E-state index in [4.69, 9.17) is 0 Å².